The Morgan fingerprint density at radius 1 is 0.900 bits per heavy atom. The normalized spacial score (nSPS) is 13.9. The van der Waals surface area contributed by atoms with Crippen molar-refractivity contribution in [3.8, 4) is 0 Å². The Morgan fingerprint density at radius 2 is 1.35 bits per heavy atom. The van der Waals surface area contributed by atoms with Crippen LogP contribution < -0.4 is 0 Å². The minimum absolute atomic E-state index is 0.383. The SMILES string of the molecule is CCCCCCCCCCCCCC(O[C]=O)C(C)O. The van der Waals surface area contributed by atoms with Gasteiger partial charge in [-0.15, -0.1) is 0 Å². The van der Waals surface area contributed by atoms with Crippen LogP contribution in [-0.4, -0.2) is 23.8 Å². The lowest BCUT2D eigenvalue weighted by atomic mass is 10.0. The zero-order valence-corrected chi connectivity index (χ0v) is 13.4. The first kappa shape index (κ1) is 19.4. The minimum atomic E-state index is -0.598. The molecule has 0 saturated carbocycles. The lowest BCUT2D eigenvalue weighted by Gasteiger charge is -2.16. The van der Waals surface area contributed by atoms with Crippen LogP contribution in [0.5, 0.6) is 0 Å². The van der Waals surface area contributed by atoms with E-state index in [-0.39, 0.29) is 6.10 Å². The lowest BCUT2D eigenvalue weighted by Crippen LogP contribution is -2.25. The predicted octanol–water partition coefficient (Wildman–Crippen LogP) is 4.52. The molecule has 0 spiro atoms. The van der Waals surface area contributed by atoms with E-state index in [0.717, 1.165) is 19.3 Å². The Morgan fingerprint density at radius 3 is 1.75 bits per heavy atom. The van der Waals surface area contributed by atoms with E-state index < -0.39 is 6.10 Å². The van der Waals surface area contributed by atoms with Gasteiger partial charge < -0.3 is 9.84 Å². The minimum Gasteiger partial charge on any atom is -0.451 e. The molecule has 0 saturated heterocycles. The molecular weight excluding hydrogens is 252 g/mol. The van der Waals surface area contributed by atoms with Crippen molar-refractivity contribution in [3.05, 3.63) is 0 Å². The van der Waals surface area contributed by atoms with Crippen LogP contribution in [0.1, 0.15) is 90.9 Å². The third-order valence-electron chi connectivity index (χ3n) is 3.83. The van der Waals surface area contributed by atoms with E-state index in [1.807, 2.05) is 0 Å². The molecule has 2 unspecified atom stereocenters. The van der Waals surface area contributed by atoms with E-state index in [2.05, 4.69) is 6.92 Å². The smallest absolute Gasteiger partial charge is 0.417 e. The van der Waals surface area contributed by atoms with Crippen molar-refractivity contribution in [3.63, 3.8) is 0 Å². The van der Waals surface area contributed by atoms with Crippen LogP contribution in [0, 0.1) is 0 Å². The summed E-state index contributed by atoms with van der Waals surface area (Å²) in [7, 11) is 0. The number of hydrogen-bond donors (Lipinski definition) is 1. The molecule has 1 radical (unpaired) electrons. The topological polar surface area (TPSA) is 46.5 Å². The fourth-order valence-corrected chi connectivity index (χ4v) is 2.47. The first-order chi connectivity index (χ1) is 9.72. The van der Waals surface area contributed by atoms with Gasteiger partial charge in [-0.25, -0.2) is 4.79 Å². The van der Waals surface area contributed by atoms with Crippen molar-refractivity contribution in [2.75, 3.05) is 0 Å². The second-order valence-electron chi connectivity index (χ2n) is 5.80. The Hall–Kier alpha value is -0.570. The molecule has 0 aromatic carbocycles. The molecule has 0 aliphatic carbocycles. The molecule has 3 heteroatoms. The molecule has 2 atom stereocenters. The summed E-state index contributed by atoms with van der Waals surface area (Å²) in [5, 5.41) is 9.40. The molecule has 0 bridgehead atoms. The zero-order chi connectivity index (χ0) is 15.1. The Kier molecular flexibility index (Phi) is 14.4. The van der Waals surface area contributed by atoms with E-state index in [1.54, 1.807) is 6.92 Å². The van der Waals surface area contributed by atoms with E-state index in [1.165, 1.54) is 64.3 Å². The summed E-state index contributed by atoms with van der Waals surface area (Å²) < 4.78 is 4.74. The molecule has 0 rings (SSSR count). The van der Waals surface area contributed by atoms with Gasteiger partial charge in [-0.1, -0.05) is 71.1 Å². The molecule has 3 nitrogen and oxygen atoms in total. The molecule has 1 N–H and O–H groups in total. The Labute approximate surface area is 125 Å². The molecular formula is C17H33O3. The van der Waals surface area contributed by atoms with E-state index >= 15 is 0 Å². The van der Waals surface area contributed by atoms with E-state index in [4.69, 9.17) is 4.74 Å². The van der Waals surface area contributed by atoms with Gasteiger partial charge in [-0.3, -0.25) is 0 Å². The summed E-state index contributed by atoms with van der Waals surface area (Å²) in [4.78, 5) is 10.2. The molecule has 0 heterocycles. The average molecular weight is 285 g/mol. The van der Waals surface area contributed by atoms with Gasteiger partial charge in [0.2, 0.25) is 0 Å². The number of aliphatic hydroxyl groups is 1. The third kappa shape index (κ3) is 12.5. The summed E-state index contributed by atoms with van der Waals surface area (Å²) in [5.74, 6) is 0. The number of rotatable bonds is 15. The maximum absolute atomic E-state index is 10.2. The highest BCUT2D eigenvalue weighted by molar-refractivity contribution is 5.38. The number of unbranched alkanes of at least 4 members (excludes halogenated alkanes) is 10. The van der Waals surface area contributed by atoms with E-state index in [9.17, 15) is 9.90 Å². The average Bonchev–Trinajstić information content (AvgIpc) is 2.43. The first-order valence-corrected chi connectivity index (χ1v) is 8.43. The Bertz CT molecular complexity index is 204. The number of aliphatic hydroxyl groups excluding tert-OH is 1. The standard InChI is InChI=1S/C17H33O3/c1-3-4-5-6-7-8-9-10-11-12-13-14-17(16(2)19)20-15-18/h16-17,19H,3-14H2,1-2H3. The van der Waals surface area contributed by atoms with Gasteiger partial charge in [0.15, 0.2) is 0 Å². The molecule has 0 aromatic rings. The fraction of sp³-hybridized carbons (Fsp3) is 0.941. The second-order valence-corrected chi connectivity index (χ2v) is 5.80. The maximum atomic E-state index is 10.2. The van der Waals surface area contributed by atoms with Crippen molar-refractivity contribution in [2.24, 2.45) is 0 Å². The molecule has 0 aromatic heterocycles. The van der Waals surface area contributed by atoms with Crippen LogP contribution in [0.25, 0.3) is 0 Å². The van der Waals surface area contributed by atoms with Crippen LogP contribution in [0.15, 0.2) is 0 Å². The number of ether oxygens (including phenoxy) is 1. The van der Waals surface area contributed by atoms with Gasteiger partial charge in [0.05, 0.1) is 6.10 Å². The van der Waals surface area contributed by atoms with E-state index in [0.29, 0.717) is 0 Å². The number of hydrogen-bond acceptors (Lipinski definition) is 3. The summed E-state index contributed by atoms with van der Waals surface area (Å²) in [6.07, 6.45) is 14.0. The largest absolute Gasteiger partial charge is 0.451 e. The van der Waals surface area contributed by atoms with Gasteiger partial charge in [0.25, 0.3) is 0 Å². The summed E-state index contributed by atoms with van der Waals surface area (Å²) in [6.45, 7) is 5.33. The van der Waals surface area contributed by atoms with Gasteiger partial charge in [-0.05, 0) is 19.8 Å². The van der Waals surface area contributed by atoms with Crippen molar-refractivity contribution in [2.45, 2.75) is 103 Å². The number of carbonyl (C=O) groups excluding carboxylic acids is 1. The van der Waals surface area contributed by atoms with Crippen molar-refractivity contribution in [1.82, 2.24) is 0 Å². The van der Waals surface area contributed by atoms with Gasteiger partial charge in [0.1, 0.15) is 6.10 Å². The molecule has 0 aliphatic heterocycles. The summed E-state index contributed by atoms with van der Waals surface area (Å²) in [6, 6.07) is 0. The maximum Gasteiger partial charge on any atom is 0.417 e. The molecule has 119 valence electrons. The van der Waals surface area contributed by atoms with Gasteiger partial charge in [0, 0.05) is 0 Å². The molecule has 0 fully saturated rings. The first-order valence-electron chi connectivity index (χ1n) is 8.43. The molecule has 0 amide bonds. The monoisotopic (exact) mass is 285 g/mol. The predicted molar refractivity (Wildman–Crippen MR) is 83.3 cm³/mol. The van der Waals surface area contributed by atoms with Gasteiger partial charge in [-0.2, -0.15) is 0 Å². The molecule has 0 aliphatic rings. The third-order valence-corrected chi connectivity index (χ3v) is 3.83. The van der Waals surface area contributed by atoms with Crippen molar-refractivity contribution < 1.29 is 14.6 Å². The summed E-state index contributed by atoms with van der Waals surface area (Å²) in [5.41, 5.74) is 0. The fourth-order valence-electron chi connectivity index (χ4n) is 2.47. The van der Waals surface area contributed by atoms with Crippen LogP contribution in [0.4, 0.5) is 0 Å². The van der Waals surface area contributed by atoms with Crippen LogP contribution in [0.2, 0.25) is 0 Å². The lowest BCUT2D eigenvalue weighted by molar-refractivity contribution is 0.0315. The summed E-state index contributed by atoms with van der Waals surface area (Å²) >= 11 is 0. The van der Waals surface area contributed by atoms with Crippen LogP contribution in [0.3, 0.4) is 0 Å². The second kappa shape index (κ2) is 14.8. The van der Waals surface area contributed by atoms with Crippen LogP contribution >= 0.6 is 0 Å². The highest BCUT2D eigenvalue weighted by Crippen LogP contribution is 2.14. The zero-order valence-electron chi connectivity index (χ0n) is 13.4. The van der Waals surface area contributed by atoms with Gasteiger partial charge >= 0.3 is 6.47 Å². The quantitative estimate of drug-likeness (QED) is 0.450. The molecule has 20 heavy (non-hydrogen) atoms. The van der Waals surface area contributed by atoms with Crippen molar-refractivity contribution >= 4 is 6.47 Å². The highest BCUT2D eigenvalue weighted by atomic mass is 16.5. The van der Waals surface area contributed by atoms with Crippen LogP contribution in [-0.2, 0) is 9.53 Å². The highest BCUT2D eigenvalue weighted by Gasteiger charge is 2.15. The van der Waals surface area contributed by atoms with Crippen molar-refractivity contribution in [1.29, 1.82) is 0 Å². The Balaban J connectivity index is 3.25.